The predicted molar refractivity (Wildman–Crippen MR) is 82.6 cm³/mol. The number of hydrogen-bond acceptors (Lipinski definition) is 4. The highest BCUT2D eigenvalue weighted by Gasteiger charge is 2.26. The van der Waals surface area contributed by atoms with Crippen LogP contribution in [0.25, 0.3) is 5.69 Å². The fourth-order valence-corrected chi connectivity index (χ4v) is 4.02. The van der Waals surface area contributed by atoms with Gasteiger partial charge in [0.2, 0.25) is 0 Å². The third kappa shape index (κ3) is 3.18. The van der Waals surface area contributed by atoms with Crippen molar-refractivity contribution >= 4 is 10.2 Å². The van der Waals surface area contributed by atoms with Crippen molar-refractivity contribution in [1.82, 2.24) is 23.8 Å². The maximum absolute atomic E-state index is 12.3. The Kier molecular flexibility index (Phi) is 4.23. The molecule has 3 rings (SSSR count). The van der Waals surface area contributed by atoms with Crippen molar-refractivity contribution in [3.63, 3.8) is 0 Å². The van der Waals surface area contributed by atoms with Crippen LogP contribution in [0.15, 0.2) is 36.9 Å². The molecule has 0 radical (unpaired) electrons. The molecule has 0 aliphatic carbocycles. The van der Waals surface area contributed by atoms with Crippen LogP contribution in [0.1, 0.15) is 31.4 Å². The Bertz CT molecular complexity index is 706. The molecule has 1 unspecified atom stereocenters. The van der Waals surface area contributed by atoms with Gasteiger partial charge in [0.05, 0.1) is 5.69 Å². The smallest absolute Gasteiger partial charge is 0.223 e. The Labute approximate surface area is 130 Å². The van der Waals surface area contributed by atoms with Crippen LogP contribution in [0.2, 0.25) is 0 Å². The molecular formula is C14H19N5O2S. The van der Waals surface area contributed by atoms with Crippen molar-refractivity contribution in [3.8, 4) is 5.69 Å². The molecule has 7 nitrogen and oxygen atoms in total. The molecule has 2 heterocycles. The maximum atomic E-state index is 12.3. The van der Waals surface area contributed by atoms with Gasteiger partial charge in [0.25, 0.3) is 10.2 Å². The number of benzene rings is 1. The highest BCUT2D eigenvalue weighted by molar-refractivity contribution is 7.87. The first kappa shape index (κ1) is 15.1. The monoisotopic (exact) mass is 321 g/mol. The first-order valence-electron chi connectivity index (χ1n) is 7.28. The van der Waals surface area contributed by atoms with E-state index in [0.717, 1.165) is 24.1 Å². The summed E-state index contributed by atoms with van der Waals surface area (Å²) in [5.74, 6) is 0. The number of hydrogen-bond donors (Lipinski definition) is 1. The average molecular weight is 321 g/mol. The van der Waals surface area contributed by atoms with Gasteiger partial charge in [-0.05, 0) is 37.5 Å². The second kappa shape index (κ2) is 6.15. The third-order valence-corrected chi connectivity index (χ3v) is 5.50. The molecule has 1 aliphatic rings. The molecule has 1 fully saturated rings. The van der Waals surface area contributed by atoms with Crippen LogP contribution in [0.5, 0.6) is 0 Å². The second-order valence-electron chi connectivity index (χ2n) is 5.38. The van der Waals surface area contributed by atoms with Gasteiger partial charge in [0.1, 0.15) is 12.7 Å². The SMILES string of the molecule is CC(NS(=O)(=O)N1CCCC1)c1ccc(-n2cncn2)cc1. The minimum atomic E-state index is -3.40. The lowest BCUT2D eigenvalue weighted by molar-refractivity contribution is 0.457. The van der Waals surface area contributed by atoms with Crippen LogP contribution >= 0.6 is 0 Å². The van der Waals surface area contributed by atoms with Crippen LogP contribution in [0, 0.1) is 0 Å². The summed E-state index contributed by atoms with van der Waals surface area (Å²) >= 11 is 0. The molecular weight excluding hydrogens is 302 g/mol. The van der Waals surface area contributed by atoms with Gasteiger partial charge in [0, 0.05) is 19.1 Å². The Morgan fingerprint density at radius 2 is 1.86 bits per heavy atom. The van der Waals surface area contributed by atoms with Gasteiger partial charge in [-0.2, -0.15) is 22.5 Å². The third-order valence-electron chi connectivity index (χ3n) is 3.81. The van der Waals surface area contributed by atoms with Gasteiger partial charge in [-0.3, -0.25) is 0 Å². The average Bonchev–Trinajstić information content (AvgIpc) is 3.20. The molecule has 0 bridgehead atoms. The summed E-state index contributed by atoms with van der Waals surface area (Å²) in [5.41, 5.74) is 1.79. The molecule has 0 amide bonds. The lowest BCUT2D eigenvalue weighted by Gasteiger charge is -2.20. The van der Waals surface area contributed by atoms with Crippen LogP contribution in [0.3, 0.4) is 0 Å². The zero-order valence-electron chi connectivity index (χ0n) is 12.4. The Morgan fingerprint density at radius 3 is 2.45 bits per heavy atom. The summed E-state index contributed by atoms with van der Waals surface area (Å²) in [4.78, 5) is 3.90. The van der Waals surface area contributed by atoms with Crippen molar-refractivity contribution < 1.29 is 8.42 Å². The molecule has 1 aromatic heterocycles. The Morgan fingerprint density at radius 1 is 1.18 bits per heavy atom. The van der Waals surface area contributed by atoms with Crippen LogP contribution in [0.4, 0.5) is 0 Å². The Balaban J connectivity index is 1.71. The molecule has 1 saturated heterocycles. The molecule has 8 heteroatoms. The van der Waals surface area contributed by atoms with E-state index < -0.39 is 10.2 Å². The van der Waals surface area contributed by atoms with Crippen LogP contribution < -0.4 is 4.72 Å². The molecule has 0 spiro atoms. The van der Waals surface area contributed by atoms with E-state index in [1.165, 1.54) is 10.6 Å². The summed E-state index contributed by atoms with van der Waals surface area (Å²) in [6.45, 7) is 3.05. The highest BCUT2D eigenvalue weighted by Crippen LogP contribution is 2.18. The minimum absolute atomic E-state index is 0.282. The molecule has 1 N–H and O–H groups in total. The fraction of sp³-hybridized carbons (Fsp3) is 0.429. The first-order chi connectivity index (χ1) is 10.6. The van der Waals surface area contributed by atoms with E-state index in [-0.39, 0.29) is 6.04 Å². The van der Waals surface area contributed by atoms with Crippen molar-refractivity contribution in [1.29, 1.82) is 0 Å². The number of aromatic nitrogens is 3. The fourth-order valence-electron chi connectivity index (χ4n) is 2.55. The Hall–Kier alpha value is -1.77. The lowest BCUT2D eigenvalue weighted by atomic mass is 10.1. The molecule has 1 atom stereocenters. The summed E-state index contributed by atoms with van der Waals surface area (Å²) in [6, 6.07) is 7.30. The van der Waals surface area contributed by atoms with E-state index >= 15 is 0 Å². The summed E-state index contributed by atoms with van der Waals surface area (Å²) in [5, 5.41) is 4.06. The lowest BCUT2D eigenvalue weighted by Crippen LogP contribution is -2.40. The van der Waals surface area contributed by atoms with Gasteiger partial charge < -0.3 is 0 Å². The van der Waals surface area contributed by atoms with Crippen molar-refractivity contribution in [2.75, 3.05) is 13.1 Å². The zero-order chi connectivity index (χ0) is 15.6. The highest BCUT2D eigenvalue weighted by atomic mass is 32.2. The second-order valence-corrected chi connectivity index (χ2v) is 7.08. The van der Waals surface area contributed by atoms with E-state index in [1.54, 1.807) is 11.0 Å². The van der Waals surface area contributed by atoms with Gasteiger partial charge in [-0.1, -0.05) is 12.1 Å². The topological polar surface area (TPSA) is 80.1 Å². The molecule has 2 aromatic rings. The zero-order valence-corrected chi connectivity index (χ0v) is 13.2. The maximum Gasteiger partial charge on any atom is 0.279 e. The van der Waals surface area contributed by atoms with E-state index in [9.17, 15) is 8.42 Å². The van der Waals surface area contributed by atoms with E-state index in [1.807, 2.05) is 31.2 Å². The van der Waals surface area contributed by atoms with E-state index in [4.69, 9.17) is 0 Å². The van der Waals surface area contributed by atoms with E-state index in [0.29, 0.717) is 13.1 Å². The summed E-state index contributed by atoms with van der Waals surface area (Å²) in [7, 11) is -3.40. The number of rotatable bonds is 5. The van der Waals surface area contributed by atoms with Gasteiger partial charge in [-0.15, -0.1) is 0 Å². The first-order valence-corrected chi connectivity index (χ1v) is 8.73. The van der Waals surface area contributed by atoms with Crippen LogP contribution in [-0.2, 0) is 10.2 Å². The van der Waals surface area contributed by atoms with Crippen LogP contribution in [-0.4, -0.2) is 40.6 Å². The van der Waals surface area contributed by atoms with E-state index in [2.05, 4.69) is 14.8 Å². The normalized spacial score (nSPS) is 17.7. The molecule has 1 aromatic carbocycles. The molecule has 22 heavy (non-hydrogen) atoms. The number of nitrogens with one attached hydrogen (secondary N) is 1. The van der Waals surface area contributed by atoms with Gasteiger partial charge in [-0.25, -0.2) is 9.67 Å². The molecule has 118 valence electrons. The minimum Gasteiger partial charge on any atom is -0.223 e. The summed E-state index contributed by atoms with van der Waals surface area (Å²) in [6.07, 6.45) is 4.96. The van der Waals surface area contributed by atoms with Gasteiger partial charge in [0.15, 0.2) is 0 Å². The predicted octanol–water partition coefficient (Wildman–Crippen LogP) is 1.26. The van der Waals surface area contributed by atoms with Crippen molar-refractivity contribution in [2.45, 2.75) is 25.8 Å². The quantitative estimate of drug-likeness (QED) is 0.899. The standard InChI is InChI=1S/C14H19N5O2S/c1-12(17-22(20,21)18-8-2-3-9-18)13-4-6-14(7-5-13)19-11-15-10-16-19/h4-7,10-12,17H,2-3,8-9H2,1H3. The van der Waals surface area contributed by atoms with Crippen molar-refractivity contribution in [3.05, 3.63) is 42.5 Å². The summed E-state index contributed by atoms with van der Waals surface area (Å²) < 4.78 is 30.4. The molecule has 1 aliphatic heterocycles. The largest absolute Gasteiger partial charge is 0.279 e. The van der Waals surface area contributed by atoms with Gasteiger partial charge >= 0.3 is 0 Å². The number of nitrogens with zero attached hydrogens (tertiary/aromatic N) is 4. The van der Waals surface area contributed by atoms with Crippen molar-refractivity contribution in [2.24, 2.45) is 0 Å². The molecule has 0 saturated carbocycles.